The van der Waals surface area contributed by atoms with Crippen molar-refractivity contribution in [3.05, 3.63) is 35.9 Å². The summed E-state index contributed by atoms with van der Waals surface area (Å²) in [5, 5.41) is 11.2. The summed E-state index contributed by atoms with van der Waals surface area (Å²) < 4.78 is 0. The van der Waals surface area contributed by atoms with Gasteiger partial charge in [-0.1, -0.05) is 18.2 Å². The third-order valence-corrected chi connectivity index (χ3v) is 5.65. The second kappa shape index (κ2) is 6.56. The van der Waals surface area contributed by atoms with Crippen molar-refractivity contribution < 1.29 is 5.11 Å². The van der Waals surface area contributed by atoms with Crippen LogP contribution in [0.5, 0.6) is 0 Å². The number of hydrogen-bond donors (Lipinski definition) is 1. The zero-order chi connectivity index (χ0) is 17.6. The quantitative estimate of drug-likeness (QED) is 0.925. The average Bonchev–Trinajstić information content (AvgIpc) is 2.93. The van der Waals surface area contributed by atoms with Crippen LogP contribution in [0.4, 0.5) is 5.82 Å². The largest absolute Gasteiger partial charge is 0.392 e. The first kappa shape index (κ1) is 16.8. The number of aromatic nitrogens is 1. The molecular weight excluding hydrogens is 312 g/mol. The van der Waals surface area contributed by atoms with Gasteiger partial charge in [0.25, 0.3) is 0 Å². The maximum atomic E-state index is 9.98. The predicted molar refractivity (Wildman–Crippen MR) is 102 cm³/mol. The molecule has 0 bridgehead atoms. The molecule has 0 saturated carbocycles. The van der Waals surface area contributed by atoms with Crippen molar-refractivity contribution in [1.29, 1.82) is 0 Å². The van der Waals surface area contributed by atoms with E-state index in [1.54, 1.807) is 0 Å². The normalized spacial score (nSPS) is 27.6. The van der Waals surface area contributed by atoms with Crippen LogP contribution >= 0.6 is 0 Å². The lowest BCUT2D eigenvalue weighted by Gasteiger charge is -2.42. The molecule has 0 spiro atoms. The Morgan fingerprint density at radius 1 is 1.20 bits per heavy atom. The summed E-state index contributed by atoms with van der Waals surface area (Å²) in [7, 11) is 4.13. The van der Waals surface area contributed by atoms with E-state index in [-0.39, 0.29) is 6.10 Å². The first-order valence-electron chi connectivity index (χ1n) is 9.23. The minimum atomic E-state index is -0.156. The van der Waals surface area contributed by atoms with Crippen LogP contribution in [0, 0.1) is 0 Å². The van der Waals surface area contributed by atoms with E-state index in [9.17, 15) is 5.11 Å². The van der Waals surface area contributed by atoms with E-state index in [1.807, 2.05) is 6.07 Å². The number of benzene rings is 1. The van der Waals surface area contributed by atoms with Crippen LogP contribution in [-0.2, 0) is 6.54 Å². The molecule has 3 atom stereocenters. The number of anilines is 1. The molecule has 2 fully saturated rings. The molecule has 134 valence electrons. The number of piperazine rings is 1. The molecule has 2 aromatic rings. The zero-order valence-corrected chi connectivity index (χ0v) is 15.4. The van der Waals surface area contributed by atoms with Gasteiger partial charge in [0.1, 0.15) is 5.82 Å². The fourth-order valence-corrected chi connectivity index (χ4v) is 4.37. The molecule has 2 aliphatic rings. The molecular formula is C20H28N4O. The molecule has 5 heteroatoms. The standard InChI is InChI=1S/C20H28N4O/c1-14-10-24-13-18(25)9-17(24)12-23(14)11-16-8-15-6-4-5-7-19(15)21-20(16)22(2)3/h4-8,14,17-18,25H,9-13H2,1-3H3/t14-,17+,18+/m0/s1. The van der Waals surface area contributed by atoms with Crippen LogP contribution < -0.4 is 4.90 Å². The summed E-state index contributed by atoms with van der Waals surface area (Å²) in [5.41, 5.74) is 2.33. The third kappa shape index (κ3) is 3.24. The van der Waals surface area contributed by atoms with Crippen LogP contribution in [-0.4, -0.2) is 71.8 Å². The highest BCUT2D eigenvalue weighted by Gasteiger charge is 2.38. The Morgan fingerprint density at radius 3 is 2.80 bits per heavy atom. The Labute approximate surface area is 149 Å². The Bertz CT molecular complexity index is 762. The minimum absolute atomic E-state index is 0.156. The van der Waals surface area contributed by atoms with Crippen molar-refractivity contribution in [2.75, 3.05) is 38.6 Å². The monoisotopic (exact) mass is 340 g/mol. The Morgan fingerprint density at radius 2 is 2.00 bits per heavy atom. The molecule has 1 N–H and O–H groups in total. The van der Waals surface area contributed by atoms with Crippen molar-refractivity contribution in [3.63, 3.8) is 0 Å². The van der Waals surface area contributed by atoms with Crippen molar-refractivity contribution in [1.82, 2.24) is 14.8 Å². The van der Waals surface area contributed by atoms with Crippen LogP contribution in [0.1, 0.15) is 18.9 Å². The smallest absolute Gasteiger partial charge is 0.133 e. The van der Waals surface area contributed by atoms with E-state index in [0.29, 0.717) is 12.1 Å². The summed E-state index contributed by atoms with van der Waals surface area (Å²) in [6.07, 6.45) is 0.747. The minimum Gasteiger partial charge on any atom is -0.392 e. The zero-order valence-electron chi connectivity index (χ0n) is 15.4. The molecule has 2 aliphatic heterocycles. The summed E-state index contributed by atoms with van der Waals surface area (Å²) in [6, 6.07) is 11.6. The molecule has 0 unspecified atom stereocenters. The topological polar surface area (TPSA) is 42.8 Å². The molecule has 0 aliphatic carbocycles. The second-order valence-corrected chi connectivity index (χ2v) is 7.83. The number of para-hydroxylation sites is 1. The Kier molecular flexibility index (Phi) is 4.40. The molecule has 0 radical (unpaired) electrons. The summed E-state index contributed by atoms with van der Waals surface area (Å²) in [6.45, 7) is 6.11. The van der Waals surface area contributed by atoms with Gasteiger partial charge in [-0.25, -0.2) is 4.98 Å². The van der Waals surface area contributed by atoms with E-state index < -0.39 is 0 Å². The van der Waals surface area contributed by atoms with Crippen LogP contribution in [0.15, 0.2) is 30.3 Å². The lowest BCUT2D eigenvalue weighted by molar-refractivity contribution is 0.0529. The lowest BCUT2D eigenvalue weighted by Crippen LogP contribution is -2.54. The van der Waals surface area contributed by atoms with Crippen LogP contribution in [0.25, 0.3) is 10.9 Å². The number of hydrogen-bond acceptors (Lipinski definition) is 5. The van der Waals surface area contributed by atoms with Crippen molar-refractivity contribution in [2.24, 2.45) is 0 Å². The third-order valence-electron chi connectivity index (χ3n) is 5.65. The van der Waals surface area contributed by atoms with E-state index >= 15 is 0 Å². The number of pyridine rings is 1. The van der Waals surface area contributed by atoms with Crippen molar-refractivity contribution >= 4 is 16.7 Å². The fourth-order valence-electron chi connectivity index (χ4n) is 4.37. The highest BCUT2D eigenvalue weighted by atomic mass is 16.3. The van der Waals surface area contributed by atoms with Gasteiger partial charge in [0, 0.05) is 63.3 Å². The number of aliphatic hydroxyl groups excluding tert-OH is 1. The molecule has 3 heterocycles. The van der Waals surface area contributed by atoms with Gasteiger partial charge >= 0.3 is 0 Å². The van der Waals surface area contributed by atoms with Gasteiger partial charge < -0.3 is 10.0 Å². The molecule has 2 saturated heterocycles. The highest BCUT2D eigenvalue weighted by molar-refractivity contribution is 5.81. The van der Waals surface area contributed by atoms with Gasteiger partial charge in [-0.15, -0.1) is 0 Å². The molecule has 25 heavy (non-hydrogen) atoms. The maximum absolute atomic E-state index is 9.98. The molecule has 5 nitrogen and oxygen atoms in total. The van der Waals surface area contributed by atoms with Gasteiger partial charge in [0.05, 0.1) is 11.6 Å². The van der Waals surface area contributed by atoms with Gasteiger partial charge in [-0.2, -0.15) is 0 Å². The van der Waals surface area contributed by atoms with E-state index in [4.69, 9.17) is 4.98 Å². The van der Waals surface area contributed by atoms with E-state index in [1.165, 1.54) is 10.9 Å². The van der Waals surface area contributed by atoms with Gasteiger partial charge in [0.2, 0.25) is 0 Å². The second-order valence-electron chi connectivity index (χ2n) is 7.83. The number of rotatable bonds is 3. The Hall–Kier alpha value is -1.69. The fraction of sp³-hybridized carbons (Fsp3) is 0.550. The van der Waals surface area contributed by atoms with E-state index in [0.717, 1.165) is 43.9 Å². The number of nitrogens with zero attached hydrogens (tertiary/aromatic N) is 4. The molecule has 1 aromatic heterocycles. The predicted octanol–water partition coefficient (Wildman–Crippen LogP) is 1.94. The summed E-state index contributed by atoms with van der Waals surface area (Å²) in [5.74, 6) is 1.06. The van der Waals surface area contributed by atoms with Crippen LogP contribution in [0.2, 0.25) is 0 Å². The Balaban J connectivity index is 1.62. The van der Waals surface area contributed by atoms with Crippen LogP contribution in [0.3, 0.4) is 0 Å². The maximum Gasteiger partial charge on any atom is 0.133 e. The van der Waals surface area contributed by atoms with Gasteiger partial charge in [-0.05, 0) is 25.5 Å². The van der Waals surface area contributed by atoms with Gasteiger partial charge in [-0.3, -0.25) is 9.80 Å². The van der Waals surface area contributed by atoms with E-state index in [2.05, 4.69) is 60.0 Å². The summed E-state index contributed by atoms with van der Waals surface area (Å²) in [4.78, 5) is 12.0. The van der Waals surface area contributed by atoms with Crippen molar-refractivity contribution in [3.8, 4) is 0 Å². The number of fused-ring (bicyclic) bond motifs is 2. The lowest BCUT2D eigenvalue weighted by atomic mass is 10.1. The van der Waals surface area contributed by atoms with Gasteiger partial charge in [0.15, 0.2) is 0 Å². The summed E-state index contributed by atoms with van der Waals surface area (Å²) >= 11 is 0. The number of aliphatic hydroxyl groups is 1. The van der Waals surface area contributed by atoms with Crippen molar-refractivity contribution in [2.45, 2.75) is 38.1 Å². The molecule has 4 rings (SSSR count). The highest BCUT2D eigenvalue weighted by Crippen LogP contribution is 2.29. The first-order chi connectivity index (χ1) is 12.0. The molecule has 0 amide bonds. The molecule has 1 aromatic carbocycles. The SMILES string of the molecule is C[C@H]1CN2C[C@H](O)C[C@@H]2CN1Cc1cc2ccccc2nc1N(C)C. The first-order valence-corrected chi connectivity index (χ1v) is 9.23. The average molecular weight is 340 g/mol.